The van der Waals surface area contributed by atoms with Gasteiger partial charge >= 0.3 is 5.97 Å². The van der Waals surface area contributed by atoms with E-state index in [1.54, 1.807) is 12.1 Å². The highest BCUT2D eigenvalue weighted by Gasteiger charge is 2.14. The third-order valence-corrected chi connectivity index (χ3v) is 3.66. The van der Waals surface area contributed by atoms with Crippen molar-refractivity contribution >= 4 is 17.4 Å². The SMILES string of the molecule is CC(C)(C)c1ccc(C(=O)CNc2ccc(C(=O)O)cc2)cc1. The van der Waals surface area contributed by atoms with Gasteiger partial charge in [0.2, 0.25) is 0 Å². The van der Waals surface area contributed by atoms with Crippen LogP contribution in [-0.4, -0.2) is 23.4 Å². The molecule has 0 saturated carbocycles. The molecule has 23 heavy (non-hydrogen) atoms. The van der Waals surface area contributed by atoms with Gasteiger partial charge in [-0.2, -0.15) is 0 Å². The number of carbonyl (C=O) groups excluding carboxylic acids is 1. The van der Waals surface area contributed by atoms with E-state index < -0.39 is 5.97 Å². The van der Waals surface area contributed by atoms with Gasteiger partial charge in [-0.3, -0.25) is 4.79 Å². The summed E-state index contributed by atoms with van der Waals surface area (Å²) in [5.74, 6) is -0.973. The van der Waals surface area contributed by atoms with Crippen LogP contribution in [0.1, 0.15) is 47.1 Å². The lowest BCUT2D eigenvalue weighted by Crippen LogP contribution is -2.15. The van der Waals surface area contributed by atoms with Crippen LogP contribution in [0.3, 0.4) is 0 Å². The smallest absolute Gasteiger partial charge is 0.335 e. The molecule has 0 aliphatic rings. The van der Waals surface area contributed by atoms with E-state index in [2.05, 4.69) is 26.1 Å². The number of carbonyl (C=O) groups is 2. The summed E-state index contributed by atoms with van der Waals surface area (Å²) in [6.07, 6.45) is 0. The average Bonchev–Trinajstić information content (AvgIpc) is 2.52. The van der Waals surface area contributed by atoms with Crippen molar-refractivity contribution in [1.82, 2.24) is 0 Å². The van der Waals surface area contributed by atoms with Crippen molar-refractivity contribution in [2.45, 2.75) is 26.2 Å². The largest absolute Gasteiger partial charge is 0.478 e. The van der Waals surface area contributed by atoms with Gasteiger partial charge in [0.05, 0.1) is 12.1 Å². The van der Waals surface area contributed by atoms with Gasteiger partial charge in [-0.15, -0.1) is 0 Å². The van der Waals surface area contributed by atoms with Crippen LogP contribution in [0.5, 0.6) is 0 Å². The van der Waals surface area contributed by atoms with Crippen molar-refractivity contribution in [1.29, 1.82) is 0 Å². The second-order valence-electron chi connectivity index (χ2n) is 6.49. The molecule has 120 valence electrons. The Hall–Kier alpha value is -2.62. The van der Waals surface area contributed by atoms with Gasteiger partial charge in [0, 0.05) is 11.3 Å². The monoisotopic (exact) mass is 311 g/mol. The highest BCUT2D eigenvalue weighted by molar-refractivity contribution is 5.99. The summed E-state index contributed by atoms with van der Waals surface area (Å²) >= 11 is 0. The normalized spacial score (nSPS) is 11.1. The molecule has 0 saturated heterocycles. The number of benzene rings is 2. The standard InChI is InChI=1S/C19H21NO3/c1-19(2,3)15-8-4-13(5-9-15)17(21)12-20-16-10-6-14(7-11-16)18(22)23/h4-11,20H,12H2,1-3H3,(H,22,23). The van der Waals surface area contributed by atoms with Crippen molar-refractivity contribution < 1.29 is 14.7 Å². The lowest BCUT2D eigenvalue weighted by molar-refractivity contribution is 0.0696. The maximum atomic E-state index is 12.2. The molecule has 0 bridgehead atoms. The zero-order chi connectivity index (χ0) is 17.0. The van der Waals surface area contributed by atoms with E-state index in [1.807, 2.05) is 24.3 Å². The van der Waals surface area contributed by atoms with Crippen molar-refractivity contribution in [3.05, 3.63) is 65.2 Å². The van der Waals surface area contributed by atoms with E-state index in [1.165, 1.54) is 17.7 Å². The Labute approximate surface area is 136 Å². The van der Waals surface area contributed by atoms with Crippen LogP contribution in [0.4, 0.5) is 5.69 Å². The minimum Gasteiger partial charge on any atom is -0.478 e. The minimum atomic E-state index is -0.966. The first-order valence-electron chi connectivity index (χ1n) is 7.48. The molecule has 0 aliphatic carbocycles. The van der Waals surface area contributed by atoms with Crippen molar-refractivity contribution in [2.75, 3.05) is 11.9 Å². The molecule has 4 heteroatoms. The molecule has 0 aliphatic heterocycles. The molecule has 2 aromatic rings. The fraction of sp³-hybridized carbons (Fsp3) is 0.263. The van der Waals surface area contributed by atoms with Crippen LogP contribution in [0.2, 0.25) is 0 Å². The maximum Gasteiger partial charge on any atom is 0.335 e. The summed E-state index contributed by atoms with van der Waals surface area (Å²) in [4.78, 5) is 23.0. The van der Waals surface area contributed by atoms with Gasteiger partial charge in [-0.05, 0) is 35.2 Å². The Morgan fingerprint density at radius 2 is 1.43 bits per heavy atom. The van der Waals surface area contributed by atoms with Gasteiger partial charge in [-0.1, -0.05) is 45.0 Å². The quantitative estimate of drug-likeness (QED) is 0.820. The Bertz CT molecular complexity index is 695. The van der Waals surface area contributed by atoms with Crippen molar-refractivity contribution in [2.24, 2.45) is 0 Å². The van der Waals surface area contributed by atoms with Crippen LogP contribution < -0.4 is 5.32 Å². The summed E-state index contributed by atoms with van der Waals surface area (Å²) < 4.78 is 0. The van der Waals surface area contributed by atoms with E-state index in [-0.39, 0.29) is 23.3 Å². The zero-order valence-electron chi connectivity index (χ0n) is 13.6. The number of nitrogens with one attached hydrogen (secondary N) is 1. The van der Waals surface area contributed by atoms with Gasteiger partial charge in [0.15, 0.2) is 5.78 Å². The molecule has 2 aromatic carbocycles. The molecule has 0 unspecified atom stereocenters. The van der Waals surface area contributed by atoms with Crippen molar-refractivity contribution in [3.63, 3.8) is 0 Å². The molecule has 0 amide bonds. The maximum absolute atomic E-state index is 12.2. The number of Topliss-reactive ketones (excluding diaryl/α,β-unsaturated/α-hetero) is 1. The van der Waals surface area contributed by atoms with E-state index >= 15 is 0 Å². The number of ketones is 1. The van der Waals surface area contributed by atoms with E-state index in [4.69, 9.17) is 5.11 Å². The lowest BCUT2D eigenvalue weighted by atomic mass is 9.86. The number of carboxylic acids is 1. The lowest BCUT2D eigenvalue weighted by Gasteiger charge is -2.19. The molecule has 2 N–H and O–H groups in total. The molecule has 0 heterocycles. The summed E-state index contributed by atoms with van der Waals surface area (Å²) in [5.41, 5.74) is 2.85. The highest BCUT2D eigenvalue weighted by Crippen LogP contribution is 2.22. The number of aromatic carboxylic acids is 1. The molecule has 0 fully saturated rings. The Morgan fingerprint density at radius 1 is 0.913 bits per heavy atom. The zero-order valence-corrected chi connectivity index (χ0v) is 13.6. The third-order valence-electron chi connectivity index (χ3n) is 3.66. The number of rotatable bonds is 5. The predicted octanol–water partition coefficient (Wildman–Crippen LogP) is 3.98. The Kier molecular flexibility index (Phi) is 4.84. The van der Waals surface area contributed by atoms with Crippen molar-refractivity contribution in [3.8, 4) is 0 Å². The Balaban J connectivity index is 1.98. The summed E-state index contributed by atoms with van der Waals surface area (Å²) in [6, 6.07) is 14.0. The van der Waals surface area contributed by atoms with Gasteiger partial charge in [-0.25, -0.2) is 4.79 Å². The van der Waals surface area contributed by atoms with Crippen LogP contribution in [-0.2, 0) is 5.41 Å². The molecule has 0 aromatic heterocycles. The molecular weight excluding hydrogens is 290 g/mol. The predicted molar refractivity (Wildman–Crippen MR) is 91.4 cm³/mol. The first-order valence-corrected chi connectivity index (χ1v) is 7.48. The first kappa shape index (κ1) is 16.7. The van der Waals surface area contributed by atoms with Gasteiger partial charge in [0.25, 0.3) is 0 Å². The summed E-state index contributed by atoms with van der Waals surface area (Å²) in [7, 11) is 0. The fourth-order valence-corrected chi connectivity index (χ4v) is 2.17. The average molecular weight is 311 g/mol. The summed E-state index contributed by atoms with van der Waals surface area (Å²) in [5, 5.41) is 11.9. The van der Waals surface area contributed by atoms with Crippen LogP contribution in [0, 0.1) is 0 Å². The molecule has 2 rings (SSSR count). The van der Waals surface area contributed by atoms with E-state index in [0.29, 0.717) is 5.56 Å². The van der Waals surface area contributed by atoms with Crippen LogP contribution in [0.15, 0.2) is 48.5 Å². The molecule has 4 nitrogen and oxygen atoms in total. The highest BCUT2D eigenvalue weighted by atomic mass is 16.4. The van der Waals surface area contributed by atoms with Gasteiger partial charge < -0.3 is 10.4 Å². The number of hydrogen-bond acceptors (Lipinski definition) is 3. The second kappa shape index (κ2) is 6.65. The number of carboxylic acid groups (broad SMARTS) is 1. The molecular formula is C19H21NO3. The number of anilines is 1. The first-order chi connectivity index (χ1) is 10.8. The second-order valence-corrected chi connectivity index (χ2v) is 6.49. The van der Waals surface area contributed by atoms with E-state index in [0.717, 1.165) is 5.69 Å². The summed E-state index contributed by atoms with van der Waals surface area (Å²) in [6.45, 7) is 6.56. The Morgan fingerprint density at radius 3 is 1.91 bits per heavy atom. The molecule has 0 atom stereocenters. The number of hydrogen-bond donors (Lipinski definition) is 2. The van der Waals surface area contributed by atoms with Crippen LogP contribution >= 0.6 is 0 Å². The molecule has 0 radical (unpaired) electrons. The van der Waals surface area contributed by atoms with E-state index in [9.17, 15) is 9.59 Å². The topological polar surface area (TPSA) is 66.4 Å². The molecule has 0 spiro atoms. The fourth-order valence-electron chi connectivity index (χ4n) is 2.17. The third kappa shape index (κ3) is 4.42. The van der Waals surface area contributed by atoms with Crippen LogP contribution in [0.25, 0.3) is 0 Å². The minimum absolute atomic E-state index is 0.00669. The van der Waals surface area contributed by atoms with Gasteiger partial charge in [0.1, 0.15) is 0 Å².